The van der Waals surface area contributed by atoms with Crippen molar-refractivity contribution in [2.75, 3.05) is 5.75 Å². The molecule has 0 aliphatic heterocycles. The smallest absolute Gasteiger partial charge is 0.309 e. The minimum absolute atomic E-state index is 0.0738. The molecule has 4 rings (SSSR count). The summed E-state index contributed by atoms with van der Waals surface area (Å²) < 4.78 is 4.99. The van der Waals surface area contributed by atoms with Crippen LogP contribution in [0.4, 0.5) is 0 Å². The zero-order chi connectivity index (χ0) is 26.8. The molecule has 0 heterocycles. The fourth-order valence-electron chi connectivity index (χ4n) is 4.57. The molecule has 0 fully saturated rings. The quantitative estimate of drug-likeness (QED) is 0.141. The molecular weight excluding hydrogens is 488 g/mol. The number of carbonyl (C=O) groups is 2. The number of rotatable bonds is 12. The van der Waals surface area contributed by atoms with Crippen LogP contribution in [0.1, 0.15) is 42.5 Å². The molecule has 4 heteroatoms. The van der Waals surface area contributed by atoms with Crippen LogP contribution in [0.3, 0.4) is 0 Å². The first kappa shape index (κ1) is 27.4. The molecule has 3 nitrogen and oxygen atoms in total. The second kappa shape index (κ2) is 13.3. The first-order valence-corrected chi connectivity index (χ1v) is 14.0. The number of ketones is 1. The Morgan fingerprint density at radius 2 is 1.08 bits per heavy atom. The van der Waals surface area contributed by atoms with E-state index in [0.29, 0.717) is 5.75 Å². The van der Waals surface area contributed by atoms with Gasteiger partial charge in [0.25, 0.3) is 0 Å². The molecule has 0 aromatic heterocycles. The Balaban J connectivity index is 1.50. The van der Waals surface area contributed by atoms with Crippen LogP contribution in [-0.4, -0.2) is 17.5 Å². The summed E-state index contributed by atoms with van der Waals surface area (Å²) in [7, 11) is 0. The number of ether oxygens (including phenoxy) is 1. The summed E-state index contributed by atoms with van der Waals surface area (Å²) in [6.45, 7) is 3.95. The predicted molar refractivity (Wildman–Crippen MR) is 156 cm³/mol. The van der Waals surface area contributed by atoms with Crippen molar-refractivity contribution in [3.63, 3.8) is 0 Å². The van der Waals surface area contributed by atoms with Crippen LogP contribution in [0.25, 0.3) is 0 Å². The topological polar surface area (TPSA) is 43.4 Å². The summed E-state index contributed by atoms with van der Waals surface area (Å²) in [5.41, 5.74) is 4.43. The van der Waals surface area contributed by atoms with Gasteiger partial charge in [-0.3, -0.25) is 9.59 Å². The van der Waals surface area contributed by atoms with Crippen LogP contribution >= 0.6 is 11.8 Å². The van der Waals surface area contributed by atoms with Crippen molar-refractivity contribution in [3.8, 4) is 0 Å². The third kappa shape index (κ3) is 6.62. The summed E-state index contributed by atoms with van der Waals surface area (Å²) in [6, 6.07) is 41.0. The Hall–Kier alpha value is -3.63. The maximum Gasteiger partial charge on any atom is 0.309 e. The molecule has 0 saturated carbocycles. The summed E-state index contributed by atoms with van der Waals surface area (Å²) in [5, 5.41) is 0. The van der Waals surface area contributed by atoms with Gasteiger partial charge < -0.3 is 4.74 Å². The largest absolute Gasteiger partial charge is 0.461 e. The van der Waals surface area contributed by atoms with E-state index in [-0.39, 0.29) is 30.7 Å². The van der Waals surface area contributed by atoms with Gasteiger partial charge in [0, 0.05) is 18.1 Å². The molecule has 0 aliphatic rings. The highest BCUT2D eigenvalue weighted by Crippen LogP contribution is 2.49. The van der Waals surface area contributed by atoms with Crippen molar-refractivity contribution in [1.82, 2.24) is 0 Å². The van der Waals surface area contributed by atoms with Crippen molar-refractivity contribution in [2.45, 2.75) is 31.6 Å². The molecule has 38 heavy (non-hydrogen) atoms. The highest BCUT2D eigenvalue weighted by molar-refractivity contribution is 8.00. The van der Waals surface area contributed by atoms with E-state index in [4.69, 9.17) is 4.74 Å². The minimum atomic E-state index is -0.485. The monoisotopic (exact) mass is 522 g/mol. The van der Waals surface area contributed by atoms with E-state index in [1.807, 2.05) is 55.5 Å². The zero-order valence-electron chi connectivity index (χ0n) is 22.0. The van der Waals surface area contributed by atoms with Crippen LogP contribution in [0.15, 0.2) is 121 Å². The summed E-state index contributed by atoms with van der Waals surface area (Å²) >= 11 is 1.77. The normalized spacial score (nSPS) is 12.9. The van der Waals surface area contributed by atoms with Gasteiger partial charge in [0.05, 0.1) is 10.7 Å². The number of hydrogen-bond donors (Lipinski definition) is 0. The van der Waals surface area contributed by atoms with Crippen molar-refractivity contribution >= 4 is 23.5 Å². The lowest BCUT2D eigenvalue weighted by atomic mass is 9.84. The van der Waals surface area contributed by atoms with Gasteiger partial charge in [-0.15, -0.1) is 11.8 Å². The molecule has 0 N–H and O–H groups in total. The molecule has 0 saturated heterocycles. The number of benzene rings is 4. The van der Waals surface area contributed by atoms with Crippen LogP contribution in [0.5, 0.6) is 0 Å². The summed E-state index contributed by atoms with van der Waals surface area (Å²) in [5.74, 6) is -0.358. The Kier molecular flexibility index (Phi) is 9.56. The number of hydrogen-bond acceptors (Lipinski definition) is 4. The molecule has 0 radical (unpaired) electrons. The van der Waals surface area contributed by atoms with E-state index < -0.39 is 10.7 Å². The molecule has 2 atom stereocenters. The average molecular weight is 523 g/mol. The lowest BCUT2D eigenvalue weighted by Gasteiger charge is -2.36. The fraction of sp³-hybridized carbons (Fsp3) is 0.235. The Morgan fingerprint density at radius 3 is 1.53 bits per heavy atom. The van der Waals surface area contributed by atoms with Crippen LogP contribution < -0.4 is 0 Å². The maximum absolute atomic E-state index is 13.2. The Labute approximate surface area is 230 Å². The molecule has 0 aliphatic carbocycles. The van der Waals surface area contributed by atoms with E-state index in [0.717, 1.165) is 5.56 Å². The second-order valence-corrected chi connectivity index (χ2v) is 10.9. The second-order valence-electron chi connectivity index (χ2n) is 9.66. The van der Waals surface area contributed by atoms with Crippen molar-refractivity contribution < 1.29 is 14.3 Å². The van der Waals surface area contributed by atoms with Gasteiger partial charge in [0.15, 0.2) is 0 Å². The van der Waals surface area contributed by atoms with Crippen molar-refractivity contribution in [3.05, 3.63) is 144 Å². The molecule has 194 valence electrons. The van der Waals surface area contributed by atoms with E-state index in [1.54, 1.807) is 18.7 Å². The maximum atomic E-state index is 13.2. The van der Waals surface area contributed by atoms with Gasteiger partial charge in [0.1, 0.15) is 12.4 Å². The Morgan fingerprint density at radius 1 is 0.658 bits per heavy atom. The van der Waals surface area contributed by atoms with Gasteiger partial charge in [-0.2, -0.15) is 0 Å². The highest BCUT2D eigenvalue weighted by Gasteiger charge is 2.37. The summed E-state index contributed by atoms with van der Waals surface area (Å²) in [6.07, 6.45) is 0.171. The zero-order valence-corrected chi connectivity index (χ0v) is 22.8. The van der Waals surface area contributed by atoms with Crippen molar-refractivity contribution in [2.24, 2.45) is 11.8 Å². The van der Waals surface area contributed by atoms with Gasteiger partial charge in [-0.1, -0.05) is 135 Å². The molecule has 4 aromatic carbocycles. The van der Waals surface area contributed by atoms with Gasteiger partial charge in [0.2, 0.25) is 0 Å². The van der Waals surface area contributed by atoms with E-state index in [2.05, 4.69) is 72.8 Å². The van der Waals surface area contributed by atoms with E-state index >= 15 is 0 Å². The van der Waals surface area contributed by atoms with Gasteiger partial charge in [-0.05, 0) is 22.3 Å². The molecule has 0 unspecified atom stereocenters. The Bertz CT molecular complexity index is 1190. The SMILES string of the molecule is C[C@H](CC(=O)[C@@H](C)CSC(c1ccccc1)(c1ccccc1)c1ccccc1)C(=O)OCc1ccccc1. The average Bonchev–Trinajstić information content (AvgIpc) is 2.98. The van der Waals surface area contributed by atoms with E-state index in [9.17, 15) is 9.59 Å². The standard InChI is InChI=1S/C34H34O3S/c1-26(33(36)37-24-28-15-7-3-8-16-28)23-32(35)27(2)25-38-34(29-17-9-4-10-18-29,30-19-11-5-12-20-30)31-21-13-6-14-22-31/h3-22,26-27H,23-25H2,1-2H3/t26-,27+/m1/s1. The van der Waals surface area contributed by atoms with Gasteiger partial charge in [-0.25, -0.2) is 0 Å². The van der Waals surface area contributed by atoms with Crippen LogP contribution in [0, 0.1) is 11.8 Å². The first-order chi connectivity index (χ1) is 18.5. The first-order valence-electron chi connectivity index (χ1n) is 13.0. The van der Waals surface area contributed by atoms with Crippen molar-refractivity contribution in [1.29, 1.82) is 0 Å². The predicted octanol–water partition coefficient (Wildman–Crippen LogP) is 7.69. The van der Waals surface area contributed by atoms with Crippen LogP contribution in [0.2, 0.25) is 0 Å². The molecular formula is C34H34O3S. The minimum Gasteiger partial charge on any atom is -0.461 e. The lowest BCUT2D eigenvalue weighted by molar-refractivity contribution is -0.151. The molecule has 0 spiro atoms. The number of carbonyl (C=O) groups excluding carboxylic acids is 2. The number of thioether (sulfide) groups is 1. The van der Waals surface area contributed by atoms with Gasteiger partial charge >= 0.3 is 5.97 Å². The van der Waals surface area contributed by atoms with E-state index in [1.165, 1.54) is 16.7 Å². The molecule has 4 aromatic rings. The molecule has 0 bridgehead atoms. The third-order valence-electron chi connectivity index (χ3n) is 6.77. The number of Topliss-reactive ketones (excluding diaryl/α,β-unsaturated/α-hetero) is 1. The van der Waals surface area contributed by atoms with Crippen LogP contribution in [-0.2, 0) is 25.7 Å². The fourth-order valence-corrected chi connectivity index (χ4v) is 6.16. The highest BCUT2D eigenvalue weighted by atomic mass is 32.2. The summed E-state index contributed by atoms with van der Waals surface area (Å²) in [4.78, 5) is 25.8. The molecule has 0 amide bonds. The third-order valence-corrected chi connectivity index (χ3v) is 8.58. The lowest BCUT2D eigenvalue weighted by Crippen LogP contribution is -2.28. The number of esters is 1.